The van der Waals surface area contributed by atoms with Crippen LogP contribution >= 0.6 is 0 Å². The van der Waals surface area contributed by atoms with Crippen molar-refractivity contribution >= 4 is 0 Å². The molecule has 1 heteroatoms. The van der Waals surface area contributed by atoms with Crippen LogP contribution in [-0.4, -0.2) is 13.1 Å². The summed E-state index contributed by atoms with van der Waals surface area (Å²) in [5.74, 6) is 11.6. The number of fused-ring (bicyclic) bond motifs is 5. The van der Waals surface area contributed by atoms with Gasteiger partial charge in [0.2, 0.25) is 0 Å². The highest BCUT2D eigenvalue weighted by Gasteiger charge is 2.66. The number of hydrogen-bond acceptors (Lipinski definition) is 1. The van der Waals surface area contributed by atoms with Gasteiger partial charge in [-0.3, -0.25) is 0 Å². The second-order valence-electron chi connectivity index (χ2n) is 5.93. The lowest BCUT2D eigenvalue weighted by molar-refractivity contribution is 0.366. The van der Waals surface area contributed by atoms with E-state index in [9.17, 15) is 0 Å². The minimum absolute atomic E-state index is 0.749. The molecule has 3 aliphatic rings. The molecule has 0 heterocycles. The van der Waals surface area contributed by atoms with Crippen molar-refractivity contribution < 1.29 is 0 Å². The van der Waals surface area contributed by atoms with Crippen LogP contribution in [0.25, 0.3) is 0 Å². The Morgan fingerprint density at radius 3 is 2.50 bits per heavy atom. The summed E-state index contributed by atoms with van der Waals surface area (Å²) in [4.78, 5) is 0. The average molecular weight is 217 g/mol. The van der Waals surface area contributed by atoms with E-state index in [4.69, 9.17) is 0 Å². The zero-order valence-electron chi connectivity index (χ0n) is 10.5. The van der Waals surface area contributed by atoms with Gasteiger partial charge in [0.05, 0.1) is 0 Å². The van der Waals surface area contributed by atoms with Gasteiger partial charge < -0.3 is 5.32 Å². The normalized spacial score (nSPS) is 44.8. The van der Waals surface area contributed by atoms with E-state index in [1.165, 1.54) is 19.3 Å². The highest BCUT2D eigenvalue weighted by Crippen LogP contribution is 2.70. The molecule has 0 aliphatic heterocycles. The van der Waals surface area contributed by atoms with Crippen LogP contribution in [-0.2, 0) is 0 Å². The van der Waals surface area contributed by atoms with Crippen LogP contribution in [0, 0.1) is 41.4 Å². The van der Waals surface area contributed by atoms with Gasteiger partial charge in [-0.25, -0.2) is 0 Å². The Kier molecular flexibility index (Phi) is 2.72. The molecule has 5 atom stereocenters. The monoisotopic (exact) mass is 217 g/mol. The van der Waals surface area contributed by atoms with Gasteiger partial charge in [0.15, 0.2) is 0 Å². The Morgan fingerprint density at radius 1 is 1.25 bits per heavy atom. The molecule has 0 aromatic carbocycles. The fourth-order valence-electron chi connectivity index (χ4n) is 4.81. The lowest BCUT2D eigenvalue weighted by Gasteiger charge is -2.18. The minimum atomic E-state index is 0.749. The molecule has 3 saturated carbocycles. The molecule has 1 N–H and O–H groups in total. The molecule has 0 aromatic rings. The molecule has 3 fully saturated rings. The first-order valence-electron chi connectivity index (χ1n) is 6.93. The van der Waals surface area contributed by atoms with E-state index in [2.05, 4.69) is 24.2 Å². The van der Waals surface area contributed by atoms with Crippen molar-refractivity contribution in [1.29, 1.82) is 0 Å². The van der Waals surface area contributed by atoms with Gasteiger partial charge in [-0.1, -0.05) is 0 Å². The molecule has 1 nitrogen and oxygen atoms in total. The Morgan fingerprint density at radius 2 is 1.94 bits per heavy atom. The second kappa shape index (κ2) is 4.08. The van der Waals surface area contributed by atoms with Crippen LogP contribution < -0.4 is 5.32 Å². The molecule has 2 bridgehead atoms. The molecule has 0 aromatic heterocycles. The molecule has 0 saturated heterocycles. The van der Waals surface area contributed by atoms with Crippen molar-refractivity contribution in [3.8, 4) is 11.8 Å². The second-order valence-corrected chi connectivity index (χ2v) is 5.93. The van der Waals surface area contributed by atoms with E-state index in [1.807, 2.05) is 6.92 Å². The van der Waals surface area contributed by atoms with Crippen molar-refractivity contribution in [3.05, 3.63) is 0 Å². The third-order valence-electron chi connectivity index (χ3n) is 5.39. The van der Waals surface area contributed by atoms with Crippen LogP contribution in [0.4, 0.5) is 0 Å². The Bertz CT molecular complexity index is 308. The van der Waals surface area contributed by atoms with Gasteiger partial charge in [-0.15, -0.1) is 11.8 Å². The SMILES string of the molecule is CC#CCCC(NC)C1C2C3CCC(C3)C21. The van der Waals surface area contributed by atoms with Crippen LogP contribution in [0.1, 0.15) is 39.0 Å². The summed E-state index contributed by atoms with van der Waals surface area (Å²) >= 11 is 0. The summed E-state index contributed by atoms with van der Waals surface area (Å²) in [6, 6.07) is 0.749. The summed E-state index contributed by atoms with van der Waals surface area (Å²) in [5.41, 5.74) is 0. The maximum atomic E-state index is 3.55. The first-order chi connectivity index (χ1) is 7.86. The molecule has 5 unspecified atom stereocenters. The lowest BCUT2D eigenvalue weighted by Crippen LogP contribution is -2.30. The van der Waals surface area contributed by atoms with E-state index in [1.54, 1.807) is 6.42 Å². The topological polar surface area (TPSA) is 12.0 Å². The van der Waals surface area contributed by atoms with Crippen LogP contribution in [0.3, 0.4) is 0 Å². The van der Waals surface area contributed by atoms with E-state index in [-0.39, 0.29) is 0 Å². The Balaban J connectivity index is 1.58. The maximum Gasteiger partial charge on any atom is 0.0107 e. The summed E-state index contributed by atoms with van der Waals surface area (Å²) in [5, 5.41) is 3.55. The third-order valence-corrected chi connectivity index (χ3v) is 5.39. The van der Waals surface area contributed by atoms with Crippen LogP contribution in [0.2, 0.25) is 0 Å². The average Bonchev–Trinajstić information content (AvgIpc) is 2.73. The zero-order chi connectivity index (χ0) is 11.1. The van der Waals surface area contributed by atoms with E-state index < -0.39 is 0 Å². The first kappa shape index (κ1) is 10.7. The van der Waals surface area contributed by atoms with Crippen molar-refractivity contribution in [3.63, 3.8) is 0 Å². The fourth-order valence-corrected chi connectivity index (χ4v) is 4.81. The molecular weight excluding hydrogens is 194 g/mol. The molecule has 0 amide bonds. The quantitative estimate of drug-likeness (QED) is 0.714. The predicted octanol–water partition coefficient (Wildman–Crippen LogP) is 2.67. The summed E-state index contributed by atoms with van der Waals surface area (Å²) in [6.07, 6.45) is 6.97. The van der Waals surface area contributed by atoms with Gasteiger partial charge in [-0.2, -0.15) is 0 Å². The summed E-state index contributed by atoms with van der Waals surface area (Å²) < 4.78 is 0. The number of nitrogens with one attached hydrogen (secondary N) is 1. The maximum absolute atomic E-state index is 3.55. The van der Waals surface area contributed by atoms with Crippen LogP contribution in [0.15, 0.2) is 0 Å². The summed E-state index contributed by atoms with van der Waals surface area (Å²) in [7, 11) is 2.14. The van der Waals surface area contributed by atoms with Crippen molar-refractivity contribution in [2.45, 2.75) is 45.1 Å². The molecule has 0 spiro atoms. The fraction of sp³-hybridized carbons (Fsp3) is 0.867. The molecule has 88 valence electrons. The van der Waals surface area contributed by atoms with E-state index in [0.29, 0.717) is 0 Å². The molecule has 3 rings (SSSR count). The third kappa shape index (κ3) is 1.51. The predicted molar refractivity (Wildman–Crippen MR) is 66.8 cm³/mol. The Hall–Kier alpha value is -0.480. The smallest absolute Gasteiger partial charge is 0.0107 e. The van der Waals surface area contributed by atoms with Gasteiger partial charge in [0.25, 0.3) is 0 Å². The van der Waals surface area contributed by atoms with Gasteiger partial charge in [0.1, 0.15) is 0 Å². The molecule has 16 heavy (non-hydrogen) atoms. The molecule has 3 aliphatic carbocycles. The van der Waals surface area contributed by atoms with Gasteiger partial charge in [0, 0.05) is 12.5 Å². The van der Waals surface area contributed by atoms with Crippen LogP contribution in [0.5, 0.6) is 0 Å². The number of hydrogen-bond donors (Lipinski definition) is 1. The van der Waals surface area contributed by atoms with Crippen molar-refractivity contribution in [2.24, 2.45) is 29.6 Å². The van der Waals surface area contributed by atoms with Crippen molar-refractivity contribution in [1.82, 2.24) is 5.32 Å². The Labute approximate surface area is 99.4 Å². The highest BCUT2D eigenvalue weighted by atomic mass is 14.9. The zero-order valence-corrected chi connectivity index (χ0v) is 10.5. The molecule has 0 radical (unpaired) electrons. The summed E-state index contributed by atoms with van der Waals surface area (Å²) in [6.45, 7) is 1.94. The van der Waals surface area contributed by atoms with Gasteiger partial charge >= 0.3 is 0 Å². The lowest BCUT2D eigenvalue weighted by atomic mass is 9.95. The van der Waals surface area contributed by atoms with E-state index in [0.717, 1.165) is 42.1 Å². The minimum Gasteiger partial charge on any atom is -0.317 e. The van der Waals surface area contributed by atoms with Gasteiger partial charge in [-0.05, 0) is 69.2 Å². The largest absolute Gasteiger partial charge is 0.317 e. The highest BCUT2D eigenvalue weighted by molar-refractivity contribution is 5.15. The molecular formula is C15H23N. The van der Waals surface area contributed by atoms with Crippen molar-refractivity contribution in [2.75, 3.05) is 7.05 Å². The standard InChI is InChI=1S/C15H23N/c1-3-4-5-6-12(16-2)15-13-10-7-8-11(9-10)14(13)15/h10-16H,5-9H2,1-2H3. The first-order valence-corrected chi connectivity index (χ1v) is 6.93. The van der Waals surface area contributed by atoms with E-state index >= 15 is 0 Å². The number of rotatable bonds is 4.